The molecule has 0 aromatic heterocycles. The number of aliphatic hydroxyl groups excluding tert-OH is 1. The topological polar surface area (TPSA) is 47.9 Å². The maximum absolute atomic E-state index is 13.4. The molecule has 1 N–H and O–H groups in total. The summed E-state index contributed by atoms with van der Waals surface area (Å²) in [4.78, 5) is 0. The molecule has 1 aromatic rings. The second kappa shape index (κ2) is 8.85. The summed E-state index contributed by atoms with van der Waals surface area (Å²) in [6.45, 7) is 1.52. The molecule has 108 valence electrons. The predicted molar refractivity (Wildman–Crippen MR) is 70.0 cm³/mol. The van der Waals surface area contributed by atoms with E-state index in [-0.39, 0.29) is 5.75 Å². The van der Waals surface area contributed by atoms with Crippen LogP contribution in [0.15, 0.2) is 18.2 Å². The number of benzene rings is 1. The van der Waals surface area contributed by atoms with Crippen molar-refractivity contribution in [3.05, 3.63) is 29.6 Å². The van der Waals surface area contributed by atoms with Crippen molar-refractivity contribution in [3.63, 3.8) is 0 Å². The zero-order chi connectivity index (χ0) is 14.1. The molecule has 4 nitrogen and oxygen atoms in total. The summed E-state index contributed by atoms with van der Waals surface area (Å²) >= 11 is 0. The first-order chi connectivity index (χ1) is 9.17. The molecule has 0 amide bonds. The highest BCUT2D eigenvalue weighted by molar-refractivity contribution is 5.29. The first-order valence-electron chi connectivity index (χ1n) is 6.24. The van der Waals surface area contributed by atoms with E-state index in [4.69, 9.17) is 14.2 Å². The average Bonchev–Trinajstić information content (AvgIpc) is 2.39. The molecular weight excluding hydrogens is 251 g/mol. The Hall–Kier alpha value is -1.17. The Morgan fingerprint density at radius 3 is 2.63 bits per heavy atom. The van der Waals surface area contributed by atoms with Crippen molar-refractivity contribution in [2.75, 3.05) is 34.0 Å². The molecule has 1 unspecified atom stereocenters. The minimum absolute atomic E-state index is 0.209. The smallest absolute Gasteiger partial charge is 0.165 e. The van der Waals surface area contributed by atoms with Crippen LogP contribution < -0.4 is 4.74 Å². The molecule has 0 fully saturated rings. The summed E-state index contributed by atoms with van der Waals surface area (Å²) in [5.74, 6) is -0.204. The summed E-state index contributed by atoms with van der Waals surface area (Å²) in [7, 11) is 3.03. The van der Waals surface area contributed by atoms with Gasteiger partial charge in [-0.05, 0) is 30.5 Å². The molecule has 0 radical (unpaired) electrons. The first kappa shape index (κ1) is 15.9. The van der Waals surface area contributed by atoms with Crippen LogP contribution in [0, 0.1) is 5.82 Å². The van der Waals surface area contributed by atoms with Gasteiger partial charge in [0.15, 0.2) is 11.6 Å². The maximum atomic E-state index is 13.4. The van der Waals surface area contributed by atoms with Crippen LogP contribution in [0.25, 0.3) is 0 Å². The third-order valence-corrected chi connectivity index (χ3v) is 2.71. The van der Waals surface area contributed by atoms with Crippen LogP contribution in [0.2, 0.25) is 0 Å². The highest BCUT2D eigenvalue weighted by Gasteiger charge is 2.08. The second-order valence-corrected chi connectivity index (χ2v) is 4.22. The normalized spacial score (nSPS) is 12.4. The van der Waals surface area contributed by atoms with Crippen LogP contribution in [-0.2, 0) is 15.9 Å². The Morgan fingerprint density at radius 1 is 1.21 bits per heavy atom. The number of hydrogen-bond acceptors (Lipinski definition) is 4. The number of ether oxygens (including phenoxy) is 3. The summed E-state index contributed by atoms with van der Waals surface area (Å²) in [6, 6.07) is 4.69. The lowest BCUT2D eigenvalue weighted by molar-refractivity contribution is 0.0479. The number of hydrogen-bond donors (Lipinski definition) is 1. The van der Waals surface area contributed by atoms with Gasteiger partial charge in [0.25, 0.3) is 0 Å². The van der Waals surface area contributed by atoms with Gasteiger partial charge in [-0.15, -0.1) is 0 Å². The predicted octanol–water partition coefficient (Wildman–Crippen LogP) is 1.79. The second-order valence-electron chi connectivity index (χ2n) is 4.22. The highest BCUT2D eigenvalue weighted by Crippen LogP contribution is 2.18. The van der Waals surface area contributed by atoms with E-state index in [2.05, 4.69) is 0 Å². The van der Waals surface area contributed by atoms with E-state index in [1.807, 2.05) is 0 Å². The van der Waals surface area contributed by atoms with E-state index in [9.17, 15) is 9.50 Å². The Balaban J connectivity index is 2.31. The third-order valence-electron chi connectivity index (χ3n) is 2.71. The molecule has 19 heavy (non-hydrogen) atoms. The van der Waals surface area contributed by atoms with Crippen LogP contribution in [0.5, 0.6) is 5.75 Å². The lowest BCUT2D eigenvalue weighted by Gasteiger charge is -2.11. The van der Waals surface area contributed by atoms with E-state index in [1.54, 1.807) is 19.2 Å². The van der Waals surface area contributed by atoms with Gasteiger partial charge in [-0.1, -0.05) is 6.07 Å². The third kappa shape index (κ3) is 6.00. The van der Waals surface area contributed by atoms with Gasteiger partial charge in [0.2, 0.25) is 0 Å². The van der Waals surface area contributed by atoms with Crippen molar-refractivity contribution in [2.24, 2.45) is 0 Å². The largest absolute Gasteiger partial charge is 0.494 e. The van der Waals surface area contributed by atoms with Gasteiger partial charge < -0.3 is 19.3 Å². The standard InChI is InChI=1S/C14H21FO4/c1-17-7-8-19-6-5-12(16)9-11-3-4-14(18-2)13(15)10-11/h3-4,10,12,16H,5-9H2,1-2H3. The molecule has 1 rings (SSSR count). The fourth-order valence-corrected chi connectivity index (χ4v) is 1.67. The van der Waals surface area contributed by atoms with Crippen molar-refractivity contribution >= 4 is 0 Å². The molecule has 1 aromatic carbocycles. The number of methoxy groups -OCH3 is 2. The van der Waals surface area contributed by atoms with E-state index < -0.39 is 11.9 Å². The summed E-state index contributed by atoms with van der Waals surface area (Å²) in [5.41, 5.74) is 0.739. The van der Waals surface area contributed by atoms with Crippen LogP contribution in [0.4, 0.5) is 4.39 Å². The van der Waals surface area contributed by atoms with Crippen molar-refractivity contribution < 1.29 is 23.7 Å². The summed E-state index contributed by atoms with van der Waals surface area (Å²) < 4.78 is 28.4. The molecule has 0 heterocycles. The molecule has 0 saturated carbocycles. The fourth-order valence-electron chi connectivity index (χ4n) is 1.67. The quantitative estimate of drug-likeness (QED) is 0.696. The first-order valence-corrected chi connectivity index (χ1v) is 6.24. The van der Waals surface area contributed by atoms with Gasteiger partial charge in [-0.3, -0.25) is 0 Å². The van der Waals surface area contributed by atoms with E-state index in [1.165, 1.54) is 13.2 Å². The fraction of sp³-hybridized carbons (Fsp3) is 0.571. The Labute approximate surface area is 113 Å². The average molecular weight is 272 g/mol. The molecule has 0 aliphatic heterocycles. The number of aliphatic hydroxyl groups is 1. The van der Waals surface area contributed by atoms with Gasteiger partial charge in [-0.25, -0.2) is 4.39 Å². The zero-order valence-electron chi connectivity index (χ0n) is 11.4. The molecule has 1 atom stereocenters. The monoisotopic (exact) mass is 272 g/mol. The SMILES string of the molecule is COCCOCCC(O)Cc1ccc(OC)c(F)c1. The van der Waals surface area contributed by atoms with E-state index in [0.29, 0.717) is 32.7 Å². The van der Waals surface area contributed by atoms with Crippen molar-refractivity contribution in [1.29, 1.82) is 0 Å². The van der Waals surface area contributed by atoms with Crippen LogP contribution in [-0.4, -0.2) is 45.3 Å². The van der Waals surface area contributed by atoms with E-state index >= 15 is 0 Å². The van der Waals surface area contributed by atoms with Gasteiger partial charge in [0, 0.05) is 13.7 Å². The molecule has 0 saturated heterocycles. The molecular formula is C14H21FO4. The van der Waals surface area contributed by atoms with Gasteiger partial charge in [-0.2, -0.15) is 0 Å². The summed E-state index contributed by atoms with van der Waals surface area (Å²) in [5, 5.41) is 9.81. The van der Waals surface area contributed by atoms with Crippen LogP contribution in [0.1, 0.15) is 12.0 Å². The Bertz CT molecular complexity index is 370. The molecule has 0 aliphatic rings. The number of rotatable bonds is 9. The Kier molecular flexibility index (Phi) is 7.40. The van der Waals surface area contributed by atoms with E-state index in [0.717, 1.165) is 5.56 Å². The lowest BCUT2D eigenvalue weighted by atomic mass is 10.1. The van der Waals surface area contributed by atoms with Crippen LogP contribution in [0.3, 0.4) is 0 Å². The minimum Gasteiger partial charge on any atom is -0.494 e. The van der Waals surface area contributed by atoms with Crippen molar-refractivity contribution in [3.8, 4) is 5.75 Å². The zero-order valence-corrected chi connectivity index (χ0v) is 11.4. The summed E-state index contributed by atoms with van der Waals surface area (Å²) in [6.07, 6.45) is 0.363. The minimum atomic E-state index is -0.546. The van der Waals surface area contributed by atoms with Crippen molar-refractivity contribution in [1.82, 2.24) is 0 Å². The molecule has 0 aliphatic carbocycles. The van der Waals surface area contributed by atoms with Gasteiger partial charge in [0.05, 0.1) is 26.4 Å². The molecule has 5 heteroatoms. The van der Waals surface area contributed by atoms with Gasteiger partial charge >= 0.3 is 0 Å². The number of halogens is 1. The Morgan fingerprint density at radius 2 is 2.00 bits per heavy atom. The molecule has 0 spiro atoms. The maximum Gasteiger partial charge on any atom is 0.165 e. The van der Waals surface area contributed by atoms with Crippen molar-refractivity contribution in [2.45, 2.75) is 18.9 Å². The highest BCUT2D eigenvalue weighted by atomic mass is 19.1. The van der Waals surface area contributed by atoms with Crippen LogP contribution >= 0.6 is 0 Å². The molecule has 0 bridgehead atoms. The lowest BCUT2D eigenvalue weighted by Crippen LogP contribution is -2.15. The van der Waals surface area contributed by atoms with Gasteiger partial charge in [0.1, 0.15) is 0 Å².